The number of nitrogens with zero attached hydrogens (tertiary/aromatic N) is 4. The van der Waals surface area contributed by atoms with Crippen molar-refractivity contribution in [1.29, 1.82) is 0 Å². The van der Waals surface area contributed by atoms with Gasteiger partial charge >= 0.3 is 0 Å². The maximum atomic E-state index is 5.29. The first-order chi connectivity index (χ1) is 13.0. The van der Waals surface area contributed by atoms with Crippen molar-refractivity contribution in [2.24, 2.45) is 0 Å². The van der Waals surface area contributed by atoms with Gasteiger partial charge in [0.15, 0.2) is 11.0 Å². The summed E-state index contributed by atoms with van der Waals surface area (Å²) in [6.45, 7) is 6.92. The van der Waals surface area contributed by atoms with Gasteiger partial charge in [0.2, 0.25) is 0 Å². The van der Waals surface area contributed by atoms with E-state index in [0.29, 0.717) is 6.04 Å². The summed E-state index contributed by atoms with van der Waals surface area (Å²) in [4.78, 5) is 1.36. The van der Waals surface area contributed by atoms with Crippen molar-refractivity contribution in [3.8, 4) is 0 Å². The number of rotatable bonds is 8. The van der Waals surface area contributed by atoms with E-state index >= 15 is 0 Å². The third-order valence-corrected chi connectivity index (χ3v) is 5.87. The zero-order chi connectivity index (χ0) is 19.4. The summed E-state index contributed by atoms with van der Waals surface area (Å²) in [5.74, 6) is 2.70. The van der Waals surface area contributed by atoms with Crippen molar-refractivity contribution < 1.29 is 9.42 Å². The largest absolute Gasteiger partial charge is 0.361 e. The Balaban J connectivity index is 1.91. The van der Waals surface area contributed by atoms with Crippen LogP contribution in [0.1, 0.15) is 47.8 Å². The summed E-state index contributed by atoms with van der Waals surface area (Å²) in [5, 5.41) is 14.1. The Bertz CT molecular complexity index is 852. The lowest BCUT2D eigenvalue weighted by Crippen LogP contribution is -3.06. The van der Waals surface area contributed by atoms with Gasteiger partial charge in [0.05, 0.1) is 26.3 Å². The third-order valence-electron chi connectivity index (χ3n) is 4.87. The Kier molecular flexibility index (Phi) is 6.34. The van der Waals surface area contributed by atoms with Gasteiger partial charge in [-0.2, -0.15) is 0 Å². The molecule has 2 aromatic heterocycles. The molecule has 0 radical (unpaired) electrons. The van der Waals surface area contributed by atoms with Crippen LogP contribution in [-0.2, 0) is 12.3 Å². The summed E-state index contributed by atoms with van der Waals surface area (Å²) < 4.78 is 7.56. The summed E-state index contributed by atoms with van der Waals surface area (Å²) in [7, 11) is 4.35. The Hall–Kier alpha value is -2.12. The molecule has 3 aromatic rings. The number of nitrogens with one attached hydrogen (secondary N) is 1. The third kappa shape index (κ3) is 4.42. The highest BCUT2D eigenvalue weighted by atomic mass is 32.2. The van der Waals surface area contributed by atoms with Crippen molar-refractivity contribution >= 4 is 11.8 Å². The monoisotopic (exact) mass is 386 g/mol. The lowest BCUT2D eigenvalue weighted by Gasteiger charge is -2.20. The number of quaternary nitrogens is 1. The molecule has 27 heavy (non-hydrogen) atoms. The van der Waals surface area contributed by atoms with Crippen LogP contribution < -0.4 is 4.90 Å². The second-order valence-corrected chi connectivity index (χ2v) is 7.98. The molecule has 1 aromatic carbocycles. The van der Waals surface area contributed by atoms with Gasteiger partial charge in [0.25, 0.3) is 0 Å². The van der Waals surface area contributed by atoms with E-state index in [0.717, 1.165) is 46.7 Å². The summed E-state index contributed by atoms with van der Waals surface area (Å²) in [5.41, 5.74) is 3.33. The molecule has 0 saturated carbocycles. The van der Waals surface area contributed by atoms with E-state index < -0.39 is 0 Å². The molecule has 0 bridgehead atoms. The molecular formula is C20H28N5OS+. The fourth-order valence-electron chi connectivity index (χ4n) is 3.27. The fraction of sp³-hybridized carbons (Fsp3) is 0.450. The van der Waals surface area contributed by atoms with Crippen molar-refractivity contribution in [2.75, 3.05) is 14.1 Å². The van der Waals surface area contributed by atoms with Crippen LogP contribution in [0.15, 0.2) is 40.0 Å². The molecule has 0 fully saturated rings. The minimum absolute atomic E-state index is 0.314. The molecule has 6 nitrogen and oxygen atoms in total. The van der Waals surface area contributed by atoms with E-state index in [2.05, 4.69) is 65.2 Å². The quantitative estimate of drug-likeness (QED) is 0.603. The van der Waals surface area contributed by atoms with Crippen LogP contribution in [-0.4, -0.2) is 34.0 Å². The van der Waals surface area contributed by atoms with Gasteiger partial charge in [-0.25, -0.2) is 0 Å². The minimum atomic E-state index is 0.314. The Morgan fingerprint density at radius 2 is 1.89 bits per heavy atom. The first-order valence-corrected chi connectivity index (χ1v) is 10.3. The highest BCUT2D eigenvalue weighted by Crippen LogP contribution is 2.27. The maximum Gasteiger partial charge on any atom is 0.192 e. The lowest BCUT2D eigenvalue weighted by atomic mass is 10.2. The number of aromatic nitrogens is 4. The van der Waals surface area contributed by atoms with Crippen molar-refractivity contribution in [1.82, 2.24) is 19.9 Å². The van der Waals surface area contributed by atoms with Crippen molar-refractivity contribution in [2.45, 2.75) is 50.7 Å². The molecule has 7 heteroatoms. The average Bonchev–Trinajstić information content (AvgIpc) is 3.18. The Labute approximate surface area is 165 Å². The molecule has 0 saturated heterocycles. The van der Waals surface area contributed by atoms with Crippen LogP contribution in [0.5, 0.6) is 0 Å². The molecule has 0 aliphatic heterocycles. The fourth-order valence-corrected chi connectivity index (χ4v) is 4.37. The number of aryl methyl sites for hydroxylation is 2. The molecular weight excluding hydrogens is 358 g/mol. The van der Waals surface area contributed by atoms with E-state index in [4.69, 9.17) is 4.52 Å². The van der Waals surface area contributed by atoms with Crippen LogP contribution in [0.4, 0.5) is 0 Å². The predicted molar refractivity (Wildman–Crippen MR) is 107 cm³/mol. The molecule has 0 spiro atoms. The maximum absolute atomic E-state index is 5.29. The van der Waals surface area contributed by atoms with Gasteiger partial charge in [0, 0.05) is 17.7 Å². The zero-order valence-electron chi connectivity index (χ0n) is 16.7. The zero-order valence-corrected chi connectivity index (χ0v) is 17.5. The van der Waals surface area contributed by atoms with Crippen LogP contribution >= 0.6 is 11.8 Å². The van der Waals surface area contributed by atoms with E-state index in [-0.39, 0.29) is 0 Å². The second-order valence-electron chi connectivity index (χ2n) is 7.04. The van der Waals surface area contributed by atoms with Crippen molar-refractivity contribution in [3.05, 3.63) is 58.7 Å². The molecule has 0 amide bonds. The molecule has 3 rings (SSSR count). The molecule has 0 aliphatic carbocycles. The van der Waals surface area contributed by atoms with E-state index in [1.807, 2.05) is 19.9 Å². The summed E-state index contributed by atoms with van der Waals surface area (Å²) in [6, 6.07) is 10.8. The normalized spacial score (nSPS) is 12.7. The number of benzene rings is 1. The highest BCUT2D eigenvalue weighted by Gasteiger charge is 2.25. The topological polar surface area (TPSA) is 61.2 Å². The number of hydrogen-bond acceptors (Lipinski definition) is 5. The Morgan fingerprint density at radius 3 is 2.48 bits per heavy atom. The van der Waals surface area contributed by atoms with Gasteiger partial charge < -0.3 is 9.42 Å². The SMILES string of the molecule is CC[C@@H](c1nnc(SCc2c(C)noc2C)n1Cc1ccccc1)[NH+](C)C. The number of thioether (sulfide) groups is 1. The van der Waals surface area contributed by atoms with E-state index in [1.165, 1.54) is 10.5 Å². The van der Waals surface area contributed by atoms with Crippen LogP contribution in [0.2, 0.25) is 0 Å². The van der Waals surface area contributed by atoms with Crippen molar-refractivity contribution in [3.63, 3.8) is 0 Å². The summed E-state index contributed by atoms with van der Waals surface area (Å²) >= 11 is 1.69. The molecule has 1 atom stereocenters. The average molecular weight is 387 g/mol. The van der Waals surface area contributed by atoms with Gasteiger partial charge in [-0.3, -0.25) is 4.57 Å². The van der Waals surface area contributed by atoms with E-state index in [9.17, 15) is 0 Å². The molecule has 1 N–H and O–H groups in total. The number of hydrogen-bond donors (Lipinski definition) is 1. The predicted octanol–water partition coefficient (Wildman–Crippen LogP) is 2.82. The van der Waals surface area contributed by atoms with Crippen LogP contribution in [0.3, 0.4) is 0 Å². The first kappa shape index (κ1) is 19.6. The Morgan fingerprint density at radius 1 is 1.15 bits per heavy atom. The first-order valence-electron chi connectivity index (χ1n) is 9.32. The second kappa shape index (κ2) is 8.71. The van der Waals surface area contributed by atoms with Gasteiger partial charge in [0.1, 0.15) is 11.8 Å². The smallest absolute Gasteiger partial charge is 0.192 e. The van der Waals surface area contributed by atoms with Crippen LogP contribution in [0.25, 0.3) is 0 Å². The highest BCUT2D eigenvalue weighted by molar-refractivity contribution is 7.98. The van der Waals surface area contributed by atoms with Crippen LogP contribution in [0, 0.1) is 13.8 Å². The van der Waals surface area contributed by atoms with E-state index in [1.54, 1.807) is 11.8 Å². The molecule has 0 unspecified atom stereocenters. The van der Waals surface area contributed by atoms with Gasteiger partial charge in [-0.05, 0) is 19.4 Å². The standard InChI is InChI=1S/C20H27N5OS/c1-6-18(24(4)5)19-21-22-20(25(19)12-16-10-8-7-9-11-16)27-13-17-14(2)23-26-15(17)3/h7-11,18H,6,12-13H2,1-5H3/p+1/t18-/m0/s1. The lowest BCUT2D eigenvalue weighted by molar-refractivity contribution is -0.893. The summed E-state index contributed by atoms with van der Waals surface area (Å²) in [6.07, 6.45) is 1.02. The molecule has 144 valence electrons. The molecule has 2 heterocycles. The van der Waals surface area contributed by atoms with Gasteiger partial charge in [-0.15, -0.1) is 10.2 Å². The molecule has 0 aliphatic rings. The minimum Gasteiger partial charge on any atom is -0.361 e. The van der Waals surface area contributed by atoms with Gasteiger partial charge in [-0.1, -0.05) is 54.2 Å².